The zero-order valence-corrected chi connectivity index (χ0v) is 12.8. The molecule has 0 saturated heterocycles. The van der Waals surface area contributed by atoms with Gasteiger partial charge in [-0.3, -0.25) is 0 Å². The molecule has 2 aromatic carbocycles. The lowest BCUT2D eigenvalue weighted by Gasteiger charge is -2.14. The van der Waals surface area contributed by atoms with Gasteiger partial charge in [-0.15, -0.1) is 0 Å². The number of likely N-dealkylation sites (N-methyl/N-ethyl adjacent to an activating group) is 1. The number of halogens is 1. The van der Waals surface area contributed by atoms with E-state index in [1.165, 1.54) is 10.5 Å². The second-order valence-corrected chi connectivity index (χ2v) is 5.45. The summed E-state index contributed by atoms with van der Waals surface area (Å²) in [5.41, 5.74) is 1.76. The molecule has 3 nitrogen and oxygen atoms in total. The van der Waals surface area contributed by atoms with Crippen molar-refractivity contribution in [3.05, 3.63) is 70.7 Å². The molecule has 0 aliphatic rings. The lowest BCUT2D eigenvalue weighted by molar-refractivity contribution is -0.893. The number of nitrogens with one attached hydrogen (secondary N) is 1. The lowest BCUT2D eigenvalue weighted by Crippen LogP contribution is -3.08. The second-order valence-electron chi connectivity index (χ2n) is 5.02. The first kappa shape index (κ1) is 15.5. The molecule has 2 aromatic rings. The molecule has 1 N–H and O–H groups in total. The fraction of sp³-hybridized carbons (Fsp3) is 0.235. The molecule has 1 atom stereocenters. The van der Waals surface area contributed by atoms with Gasteiger partial charge in [0.05, 0.1) is 12.6 Å². The van der Waals surface area contributed by atoms with E-state index in [0.717, 1.165) is 13.1 Å². The van der Waals surface area contributed by atoms with Gasteiger partial charge in [-0.25, -0.2) is 4.79 Å². The van der Waals surface area contributed by atoms with Gasteiger partial charge in [-0.1, -0.05) is 48.0 Å². The van der Waals surface area contributed by atoms with Gasteiger partial charge in [-0.2, -0.15) is 0 Å². The first-order valence-electron chi connectivity index (χ1n) is 6.93. The van der Waals surface area contributed by atoms with Crippen molar-refractivity contribution in [3.8, 4) is 0 Å². The summed E-state index contributed by atoms with van der Waals surface area (Å²) in [6.07, 6.45) is 0. The number of carbonyl (C=O) groups excluding carboxylic acids is 1. The third-order valence-electron chi connectivity index (χ3n) is 3.17. The number of ether oxygens (including phenoxy) is 1. The van der Waals surface area contributed by atoms with Gasteiger partial charge in [0, 0.05) is 10.6 Å². The van der Waals surface area contributed by atoms with E-state index in [2.05, 4.69) is 19.2 Å². The Bertz CT molecular complexity index is 586. The molecule has 0 fully saturated rings. The van der Waals surface area contributed by atoms with Crippen molar-refractivity contribution in [1.29, 1.82) is 0 Å². The largest absolute Gasteiger partial charge is 0.456 e. The Labute approximate surface area is 130 Å². The summed E-state index contributed by atoms with van der Waals surface area (Å²) in [5.74, 6) is -0.329. The summed E-state index contributed by atoms with van der Waals surface area (Å²) in [4.78, 5) is 13.1. The summed E-state index contributed by atoms with van der Waals surface area (Å²) >= 11 is 5.85. The lowest BCUT2D eigenvalue weighted by atomic mass is 10.2. The van der Waals surface area contributed by atoms with E-state index in [4.69, 9.17) is 16.3 Å². The van der Waals surface area contributed by atoms with Crippen LogP contribution in [0.15, 0.2) is 54.6 Å². The maximum Gasteiger partial charge on any atom is 0.338 e. The smallest absolute Gasteiger partial charge is 0.338 e. The zero-order chi connectivity index (χ0) is 15.1. The summed E-state index contributed by atoms with van der Waals surface area (Å²) in [6, 6.07) is 17.1. The number of rotatable bonds is 6. The monoisotopic (exact) mass is 304 g/mol. The van der Waals surface area contributed by atoms with Crippen LogP contribution in [0.4, 0.5) is 0 Å². The minimum Gasteiger partial charge on any atom is -0.456 e. The van der Waals surface area contributed by atoms with Crippen LogP contribution in [0.3, 0.4) is 0 Å². The highest BCUT2D eigenvalue weighted by atomic mass is 35.5. The van der Waals surface area contributed by atoms with Crippen LogP contribution in [0.2, 0.25) is 5.02 Å². The van der Waals surface area contributed by atoms with Gasteiger partial charge < -0.3 is 9.64 Å². The van der Waals surface area contributed by atoms with Crippen LogP contribution in [0.1, 0.15) is 15.9 Å². The standard InChI is InChI=1S/C17H18ClNO2/c1-19(13-14-6-3-2-4-7-14)10-11-21-17(20)15-8-5-9-16(18)12-15/h2-9,12H,10-11,13H2,1H3/p+1. The number of hydrogen-bond donors (Lipinski definition) is 1. The van der Waals surface area contributed by atoms with Crippen molar-refractivity contribution >= 4 is 17.6 Å². The van der Waals surface area contributed by atoms with Gasteiger partial charge in [0.25, 0.3) is 0 Å². The molecule has 0 saturated carbocycles. The number of quaternary nitrogens is 1. The molecule has 0 aliphatic heterocycles. The molecular weight excluding hydrogens is 286 g/mol. The van der Waals surface area contributed by atoms with Crippen LogP contribution < -0.4 is 4.90 Å². The number of hydrogen-bond acceptors (Lipinski definition) is 2. The van der Waals surface area contributed by atoms with Crippen molar-refractivity contribution in [2.24, 2.45) is 0 Å². The van der Waals surface area contributed by atoms with Crippen LogP contribution in [-0.4, -0.2) is 26.2 Å². The molecule has 0 spiro atoms. The van der Waals surface area contributed by atoms with E-state index in [9.17, 15) is 4.79 Å². The molecule has 0 bridgehead atoms. The van der Waals surface area contributed by atoms with Crippen LogP contribution >= 0.6 is 11.6 Å². The van der Waals surface area contributed by atoms with Crippen molar-refractivity contribution < 1.29 is 14.4 Å². The highest BCUT2D eigenvalue weighted by Crippen LogP contribution is 2.11. The highest BCUT2D eigenvalue weighted by molar-refractivity contribution is 6.30. The SMILES string of the molecule is C[NH+](CCOC(=O)c1cccc(Cl)c1)Cc1ccccc1. The van der Waals surface area contributed by atoms with Gasteiger partial charge >= 0.3 is 5.97 Å². The normalized spacial score (nSPS) is 11.9. The van der Waals surface area contributed by atoms with E-state index < -0.39 is 0 Å². The third-order valence-corrected chi connectivity index (χ3v) is 3.41. The Morgan fingerprint density at radius 2 is 1.90 bits per heavy atom. The molecule has 1 unspecified atom stereocenters. The third kappa shape index (κ3) is 5.21. The molecule has 110 valence electrons. The topological polar surface area (TPSA) is 30.7 Å². The Kier molecular flexibility index (Phi) is 5.78. The Hall–Kier alpha value is -1.84. The van der Waals surface area contributed by atoms with Crippen LogP contribution in [0.5, 0.6) is 0 Å². The van der Waals surface area contributed by atoms with E-state index in [-0.39, 0.29) is 5.97 Å². The van der Waals surface area contributed by atoms with Crippen LogP contribution in [0, 0.1) is 0 Å². The van der Waals surface area contributed by atoms with E-state index in [1.54, 1.807) is 24.3 Å². The van der Waals surface area contributed by atoms with Crippen LogP contribution in [0.25, 0.3) is 0 Å². The van der Waals surface area contributed by atoms with Gasteiger partial charge in [0.2, 0.25) is 0 Å². The van der Waals surface area contributed by atoms with E-state index in [1.807, 2.05) is 18.2 Å². The first-order chi connectivity index (χ1) is 10.1. The number of carbonyl (C=O) groups is 1. The average Bonchev–Trinajstić information content (AvgIpc) is 2.48. The number of benzene rings is 2. The maximum atomic E-state index is 11.8. The molecule has 0 radical (unpaired) electrons. The molecule has 0 aliphatic carbocycles. The van der Waals surface area contributed by atoms with Gasteiger partial charge in [0.15, 0.2) is 0 Å². The molecule has 2 rings (SSSR count). The molecule has 4 heteroatoms. The fourth-order valence-corrected chi connectivity index (χ4v) is 2.24. The van der Waals surface area contributed by atoms with Crippen molar-refractivity contribution in [2.45, 2.75) is 6.54 Å². The summed E-state index contributed by atoms with van der Waals surface area (Å²) in [7, 11) is 2.08. The predicted molar refractivity (Wildman–Crippen MR) is 83.6 cm³/mol. The zero-order valence-electron chi connectivity index (χ0n) is 12.0. The van der Waals surface area contributed by atoms with E-state index in [0.29, 0.717) is 17.2 Å². The Balaban J connectivity index is 1.75. The minimum absolute atomic E-state index is 0.329. The van der Waals surface area contributed by atoms with Crippen LogP contribution in [-0.2, 0) is 11.3 Å². The predicted octanol–water partition coefficient (Wildman–Crippen LogP) is 2.21. The van der Waals surface area contributed by atoms with Crippen molar-refractivity contribution in [2.75, 3.05) is 20.2 Å². The Morgan fingerprint density at radius 3 is 2.62 bits per heavy atom. The van der Waals surface area contributed by atoms with Gasteiger partial charge in [0.1, 0.15) is 19.7 Å². The molecule has 0 aromatic heterocycles. The number of esters is 1. The second kappa shape index (κ2) is 7.81. The first-order valence-corrected chi connectivity index (χ1v) is 7.31. The summed E-state index contributed by atoms with van der Waals surface area (Å²) < 4.78 is 5.27. The molecular formula is C17H19ClNO2+. The molecule has 0 amide bonds. The maximum absolute atomic E-state index is 11.8. The summed E-state index contributed by atoms with van der Waals surface area (Å²) in [5, 5.41) is 0.538. The minimum atomic E-state index is -0.329. The Morgan fingerprint density at radius 1 is 1.14 bits per heavy atom. The quantitative estimate of drug-likeness (QED) is 0.830. The highest BCUT2D eigenvalue weighted by Gasteiger charge is 2.09. The average molecular weight is 305 g/mol. The van der Waals surface area contributed by atoms with Gasteiger partial charge in [-0.05, 0) is 18.2 Å². The van der Waals surface area contributed by atoms with Crippen molar-refractivity contribution in [3.63, 3.8) is 0 Å². The summed E-state index contributed by atoms with van der Waals surface area (Å²) in [6.45, 7) is 2.07. The molecule has 21 heavy (non-hydrogen) atoms. The fourth-order valence-electron chi connectivity index (χ4n) is 2.05. The molecule has 0 heterocycles. The van der Waals surface area contributed by atoms with Crippen molar-refractivity contribution in [1.82, 2.24) is 0 Å². The van der Waals surface area contributed by atoms with E-state index >= 15 is 0 Å².